The highest BCUT2D eigenvalue weighted by Crippen LogP contribution is 2.12. The lowest BCUT2D eigenvalue weighted by Crippen LogP contribution is -3.09. The van der Waals surface area contributed by atoms with Gasteiger partial charge in [0.1, 0.15) is 6.54 Å². The van der Waals surface area contributed by atoms with E-state index < -0.39 is 0 Å². The third kappa shape index (κ3) is 4.92. The molecule has 6 heteroatoms. The Kier molecular flexibility index (Phi) is 5.72. The van der Waals surface area contributed by atoms with Crippen molar-refractivity contribution in [2.45, 2.75) is 19.0 Å². The first kappa shape index (κ1) is 19.0. The predicted molar refractivity (Wildman–Crippen MR) is 110 cm³/mol. The van der Waals surface area contributed by atoms with Crippen LogP contribution in [0, 0.1) is 0 Å². The molecule has 0 aliphatic carbocycles. The van der Waals surface area contributed by atoms with Crippen LogP contribution in [-0.2, 0) is 6.54 Å². The molecule has 1 fully saturated rings. The fourth-order valence-electron chi connectivity index (χ4n) is 3.67. The summed E-state index contributed by atoms with van der Waals surface area (Å²) in [5.41, 5.74) is 2.52. The first-order valence-corrected chi connectivity index (χ1v) is 9.80. The normalized spacial score (nSPS) is 18.3. The third-order valence-corrected chi connectivity index (χ3v) is 5.16. The smallest absolute Gasteiger partial charge is 0.291 e. The molecule has 2 heterocycles. The van der Waals surface area contributed by atoms with E-state index in [0.717, 1.165) is 26.1 Å². The van der Waals surface area contributed by atoms with Gasteiger partial charge in [0, 0.05) is 23.2 Å². The monoisotopic (exact) mass is 390 g/mol. The van der Waals surface area contributed by atoms with Crippen LogP contribution in [0.1, 0.15) is 32.9 Å². The van der Waals surface area contributed by atoms with Crippen LogP contribution in [0.25, 0.3) is 0 Å². The first-order chi connectivity index (χ1) is 14.2. The van der Waals surface area contributed by atoms with Crippen LogP contribution < -0.4 is 15.5 Å². The molecule has 29 heavy (non-hydrogen) atoms. The number of carbonyl (C=O) groups is 2. The maximum atomic E-state index is 12.6. The summed E-state index contributed by atoms with van der Waals surface area (Å²) in [4.78, 5) is 26.0. The molecule has 0 saturated carbocycles. The summed E-state index contributed by atoms with van der Waals surface area (Å²) in [6.07, 6.45) is 2.43. The summed E-state index contributed by atoms with van der Waals surface area (Å²) in [7, 11) is 0. The van der Waals surface area contributed by atoms with Crippen LogP contribution in [0.5, 0.6) is 0 Å². The summed E-state index contributed by atoms with van der Waals surface area (Å²) in [6.45, 7) is 2.97. The number of carbonyl (C=O) groups excluding carboxylic acids is 2. The zero-order valence-electron chi connectivity index (χ0n) is 16.1. The largest absolute Gasteiger partial charge is 0.459 e. The lowest BCUT2D eigenvalue weighted by Gasteiger charge is -2.14. The van der Waals surface area contributed by atoms with E-state index in [4.69, 9.17) is 4.42 Å². The summed E-state index contributed by atoms with van der Waals surface area (Å²) < 4.78 is 5.07. The minimum atomic E-state index is -0.320. The molecule has 1 aromatic heterocycles. The van der Waals surface area contributed by atoms with Gasteiger partial charge in [0.05, 0.1) is 25.4 Å². The third-order valence-electron chi connectivity index (χ3n) is 5.16. The molecule has 1 saturated heterocycles. The Bertz CT molecular complexity index is 953. The average molecular weight is 390 g/mol. The number of nitrogens with one attached hydrogen (secondary N) is 3. The van der Waals surface area contributed by atoms with E-state index in [1.165, 1.54) is 16.7 Å². The Morgan fingerprint density at radius 3 is 2.48 bits per heavy atom. The standard InChI is InChI=1S/C23H23N3O3/c27-22(25-20-12-13-26(16-20)15-17-5-2-1-3-6-17)18-8-10-19(11-9-18)24-23(28)21-7-4-14-29-21/h1-11,14,20H,12-13,15-16H2,(H,24,28)(H,25,27)/p+1/t20-/m0/s1. The quantitative estimate of drug-likeness (QED) is 0.604. The highest BCUT2D eigenvalue weighted by atomic mass is 16.3. The Hall–Kier alpha value is -3.38. The van der Waals surface area contributed by atoms with E-state index in [1.54, 1.807) is 36.4 Å². The maximum absolute atomic E-state index is 12.6. The average Bonchev–Trinajstić information content (AvgIpc) is 3.42. The van der Waals surface area contributed by atoms with Crippen molar-refractivity contribution in [2.24, 2.45) is 0 Å². The van der Waals surface area contributed by atoms with Gasteiger partial charge in [-0.25, -0.2) is 0 Å². The van der Waals surface area contributed by atoms with Gasteiger partial charge in [0.25, 0.3) is 11.8 Å². The van der Waals surface area contributed by atoms with Crippen LogP contribution >= 0.6 is 0 Å². The Balaban J connectivity index is 1.28. The molecule has 0 radical (unpaired) electrons. The van der Waals surface area contributed by atoms with Gasteiger partial charge in [-0.1, -0.05) is 30.3 Å². The number of hydrogen-bond acceptors (Lipinski definition) is 3. The molecule has 0 bridgehead atoms. The van der Waals surface area contributed by atoms with Gasteiger partial charge in [0.15, 0.2) is 5.76 Å². The van der Waals surface area contributed by atoms with Gasteiger partial charge >= 0.3 is 0 Å². The summed E-state index contributed by atoms with van der Waals surface area (Å²) in [6, 6.07) is 20.8. The molecule has 3 aromatic rings. The molecular formula is C23H24N3O3+. The molecular weight excluding hydrogens is 366 g/mol. The Morgan fingerprint density at radius 2 is 1.76 bits per heavy atom. The number of amides is 2. The van der Waals surface area contributed by atoms with Crippen molar-refractivity contribution in [1.29, 1.82) is 0 Å². The Morgan fingerprint density at radius 1 is 0.966 bits per heavy atom. The van der Waals surface area contributed by atoms with Crippen LogP contribution in [0.4, 0.5) is 5.69 Å². The number of anilines is 1. The molecule has 1 unspecified atom stereocenters. The molecule has 6 nitrogen and oxygen atoms in total. The molecule has 1 aliphatic heterocycles. The highest BCUT2D eigenvalue weighted by Gasteiger charge is 2.27. The summed E-state index contributed by atoms with van der Waals surface area (Å²) in [5, 5.41) is 5.88. The van der Waals surface area contributed by atoms with Crippen LogP contribution in [0.15, 0.2) is 77.4 Å². The molecule has 1 aliphatic rings. The van der Waals surface area contributed by atoms with Gasteiger partial charge in [-0.2, -0.15) is 0 Å². The van der Waals surface area contributed by atoms with E-state index in [-0.39, 0.29) is 23.6 Å². The molecule has 2 aromatic carbocycles. The fourth-order valence-corrected chi connectivity index (χ4v) is 3.67. The summed E-state index contributed by atoms with van der Waals surface area (Å²) >= 11 is 0. The van der Waals surface area contributed by atoms with Gasteiger partial charge in [-0.05, 0) is 36.4 Å². The zero-order chi connectivity index (χ0) is 20.1. The van der Waals surface area contributed by atoms with Crippen molar-refractivity contribution in [3.8, 4) is 0 Å². The second-order valence-electron chi connectivity index (χ2n) is 7.33. The SMILES string of the molecule is O=C(N[C@H]1CC[NH+](Cc2ccccc2)C1)c1ccc(NC(=O)c2ccco2)cc1. The van der Waals surface area contributed by atoms with Crippen molar-refractivity contribution < 1.29 is 18.9 Å². The molecule has 3 N–H and O–H groups in total. The van der Waals surface area contributed by atoms with Gasteiger partial charge in [-0.3, -0.25) is 9.59 Å². The Labute approximate surface area is 169 Å². The minimum absolute atomic E-state index is 0.0835. The number of rotatable bonds is 6. The number of quaternary nitrogens is 1. The summed E-state index contributed by atoms with van der Waals surface area (Å²) in [5.74, 6) is -0.157. The van der Waals surface area contributed by atoms with Crippen molar-refractivity contribution >= 4 is 17.5 Å². The first-order valence-electron chi connectivity index (χ1n) is 9.80. The fraction of sp³-hybridized carbons (Fsp3) is 0.217. The molecule has 4 rings (SSSR count). The number of benzene rings is 2. The lowest BCUT2D eigenvalue weighted by molar-refractivity contribution is -0.901. The van der Waals surface area contributed by atoms with Gasteiger partial charge in [0.2, 0.25) is 0 Å². The topological polar surface area (TPSA) is 75.8 Å². The number of furan rings is 1. The predicted octanol–water partition coefficient (Wildman–Crippen LogP) is 2.12. The van der Waals surface area contributed by atoms with E-state index >= 15 is 0 Å². The van der Waals surface area contributed by atoms with E-state index in [9.17, 15) is 9.59 Å². The second kappa shape index (κ2) is 8.75. The van der Waals surface area contributed by atoms with Crippen molar-refractivity contribution in [2.75, 3.05) is 18.4 Å². The molecule has 148 valence electrons. The highest BCUT2D eigenvalue weighted by molar-refractivity contribution is 6.02. The second-order valence-corrected chi connectivity index (χ2v) is 7.33. The van der Waals surface area contributed by atoms with Crippen LogP contribution in [0.3, 0.4) is 0 Å². The van der Waals surface area contributed by atoms with Crippen molar-refractivity contribution in [3.05, 3.63) is 89.9 Å². The van der Waals surface area contributed by atoms with E-state index in [1.807, 2.05) is 6.07 Å². The lowest BCUT2D eigenvalue weighted by atomic mass is 10.1. The van der Waals surface area contributed by atoms with Gasteiger partial charge < -0.3 is 20.0 Å². The van der Waals surface area contributed by atoms with Crippen LogP contribution in [0.2, 0.25) is 0 Å². The maximum Gasteiger partial charge on any atom is 0.291 e. The molecule has 2 atom stereocenters. The van der Waals surface area contributed by atoms with E-state index in [0.29, 0.717) is 11.3 Å². The molecule has 0 spiro atoms. The van der Waals surface area contributed by atoms with Crippen molar-refractivity contribution in [1.82, 2.24) is 5.32 Å². The zero-order valence-corrected chi connectivity index (χ0v) is 16.1. The van der Waals surface area contributed by atoms with Gasteiger partial charge in [-0.15, -0.1) is 0 Å². The number of hydrogen-bond donors (Lipinski definition) is 3. The molecule has 2 amide bonds. The number of likely N-dealkylation sites (tertiary alicyclic amines) is 1. The van der Waals surface area contributed by atoms with E-state index in [2.05, 4.69) is 34.9 Å². The van der Waals surface area contributed by atoms with Crippen LogP contribution in [-0.4, -0.2) is 30.9 Å². The van der Waals surface area contributed by atoms with Crippen molar-refractivity contribution in [3.63, 3.8) is 0 Å². The minimum Gasteiger partial charge on any atom is -0.459 e.